The molecule has 0 aliphatic heterocycles. The Hall–Kier alpha value is -3.08. The molecule has 1 aromatic heterocycles. The molecule has 0 unspecified atom stereocenters. The maximum atomic E-state index is 12.4. The number of nitrogens with zero attached hydrogens (tertiary/aromatic N) is 1. The lowest BCUT2D eigenvalue weighted by atomic mass is 10.1. The number of fused-ring (bicyclic) bond motifs is 1. The van der Waals surface area contributed by atoms with Gasteiger partial charge in [0.25, 0.3) is 0 Å². The maximum absolute atomic E-state index is 12.4. The molecule has 1 amide bonds. The molecule has 0 fully saturated rings. The number of phenols is 1. The minimum Gasteiger partial charge on any atom is -0.508 e. The predicted molar refractivity (Wildman–Crippen MR) is 93.4 cm³/mol. The van der Waals surface area contributed by atoms with E-state index in [1.54, 1.807) is 24.3 Å². The highest BCUT2D eigenvalue weighted by atomic mass is 16.3. The summed E-state index contributed by atoms with van der Waals surface area (Å²) in [7, 11) is 0. The molecule has 0 radical (unpaired) electrons. The number of carbonyl (C=O) groups is 1. The summed E-state index contributed by atoms with van der Waals surface area (Å²) in [6.45, 7) is 3.80. The highest BCUT2D eigenvalue weighted by Gasteiger charge is 2.17. The van der Waals surface area contributed by atoms with Gasteiger partial charge in [-0.2, -0.15) is 5.10 Å². The second kappa shape index (κ2) is 6.58. The van der Waals surface area contributed by atoms with E-state index in [1.807, 2.05) is 38.1 Å². The van der Waals surface area contributed by atoms with Crippen molar-refractivity contribution in [1.29, 1.82) is 0 Å². The molecule has 0 aliphatic carbocycles. The second-order valence-electron chi connectivity index (χ2n) is 5.45. The fraction of sp³-hybridized carbons (Fsp3) is 0.158. The van der Waals surface area contributed by atoms with E-state index < -0.39 is 0 Å². The molecular formula is C19H18N2O3. The number of rotatable bonds is 4. The van der Waals surface area contributed by atoms with Gasteiger partial charge in [-0.05, 0) is 49.2 Å². The third-order valence-electron chi connectivity index (χ3n) is 3.88. The monoisotopic (exact) mass is 322 g/mol. The van der Waals surface area contributed by atoms with Crippen molar-refractivity contribution >= 4 is 22.6 Å². The van der Waals surface area contributed by atoms with Crippen molar-refractivity contribution in [2.24, 2.45) is 5.10 Å². The number of hydrazone groups is 1. The SMILES string of the molecule is CC/C(=N\NC(=O)c1oc2ccccc2c1C)c1ccc(O)cc1. The van der Waals surface area contributed by atoms with Gasteiger partial charge in [0, 0.05) is 10.9 Å². The summed E-state index contributed by atoms with van der Waals surface area (Å²) in [5, 5.41) is 14.5. The van der Waals surface area contributed by atoms with E-state index in [0.29, 0.717) is 12.0 Å². The highest BCUT2D eigenvalue weighted by Crippen LogP contribution is 2.24. The van der Waals surface area contributed by atoms with Gasteiger partial charge in [0.2, 0.25) is 0 Å². The molecule has 1 heterocycles. The molecular weight excluding hydrogens is 304 g/mol. The van der Waals surface area contributed by atoms with Crippen LogP contribution in [0.25, 0.3) is 11.0 Å². The van der Waals surface area contributed by atoms with Gasteiger partial charge in [0.15, 0.2) is 5.76 Å². The molecule has 0 saturated carbocycles. The number of aromatic hydroxyl groups is 1. The zero-order valence-electron chi connectivity index (χ0n) is 13.5. The van der Waals surface area contributed by atoms with Gasteiger partial charge in [-0.15, -0.1) is 0 Å². The normalized spacial score (nSPS) is 11.7. The number of furan rings is 1. The van der Waals surface area contributed by atoms with Crippen LogP contribution in [0.2, 0.25) is 0 Å². The molecule has 2 aromatic carbocycles. The molecule has 0 saturated heterocycles. The molecule has 122 valence electrons. The summed E-state index contributed by atoms with van der Waals surface area (Å²) in [5.74, 6) is 0.0747. The minimum absolute atomic E-state index is 0.191. The maximum Gasteiger partial charge on any atom is 0.307 e. The van der Waals surface area contributed by atoms with Crippen LogP contribution in [0.4, 0.5) is 0 Å². The third-order valence-corrected chi connectivity index (χ3v) is 3.88. The summed E-state index contributed by atoms with van der Waals surface area (Å²) in [4.78, 5) is 12.4. The highest BCUT2D eigenvalue weighted by molar-refractivity contribution is 6.03. The van der Waals surface area contributed by atoms with E-state index in [2.05, 4.69) is 10.5 Å². The molecule has 5 heteroatoms. The van der Waals surface area contributed by atoms with E-state index >= 15 is 0 Å². The molecule has 0 atom stereocenters. The van der Waals surface area contributed by atoms with Crippen LogP contribution in [0, 0.1) is 6.92 Å². The van der Waals surface area contributed by atoms with Crippen molar-refractivity contribution in [1.82, 2.24) is 5.43 Å². The van der Waals surface area contributed by atoms with Crippen LogP contribution in [-0.2, 0) is 0 Å². The van der Waals surface area contributed by atoms with Crippen molar-refractivity contribution in [2.45, 2.75) is 20.3 Å². The van der Waals surface area contributed by atoms with Gasteiger partial charge in [0.1, 0.15) is 11.3 Å². The first-order valence-corrected chi connectivity index (χ1v) is 7.74. The number of phenolic OH excluding ortho intramolecular Hbond substituents is 1. The number of benzene rings is 2. The van der Waals surface area contributed by atoms with Crippen LogP contribution in [0.3, 0.4) is 0 Å². The summed E-state index contributed by atoms with van der Waals surface area (Å²) < 4.78 is 5.63. The molecule has 2 N–H and O–H groups in total. The Morgan fingerprint density at radius 1 is 1.17 bits per heavy atom. The smallest absolute Gasteiger partial charge is 0.307 e. The van der Waals surface area contributed by atoms with Crippen molar-refractivity contribution in [3.63, 3.8) is 0 Å². The Morgan fingerprint density at radius 2 is 1.88 bits per heavy atom. The third kappa shape index (κ3) is 3.01. The van der Waals surface area contributed by atoms with Crippen LogP contribution < -0.4 is 5.43 Å². The standard InChI is InChI=1S/C19H18N2O3/c1-3-16(13-8-10-14(22)11-9-13)20-21-19(23)18-12(2)15-6-4-5-7-17(15)24-18/h4-11,22H,3H2,1-2H3,(H,21,23)/b20-16+. The van der Waals surface area contributed by atoms with Gasteiger partial charge in [0.05, 0.1) is 5.71 Å². The summed E-state index contributed by atoms with van der Waals surface area (Å²) >= 11 is 0. The lowest BCUT2D eigenvalue weighted by molar-refractivity contribution is 0.0928. The Bertz CT molecular complexity index is 908. The van der Waals surface area contributed by atoms with Crippen molar-refractivity contribution in [2.75, 3.05) is 0 Å². The van der Waals surface area contributed by atoms with Crippen LogP contribution in [0.5, 0.6) is 5.75 Å². The number of hydrogen-bond donors (Lipinski definition) is 2. The molecule has 0 bridgehead atoms. The van der Waals surface area contributed by atoms with Crippen LogP contribution >= 0.6 is 0 Å². The number of para-hydroxylation sites is 1. The van der Waals surface area contributed by atoms with Gasteiger partial charge >= 0.3 is 5.91 Å². The van der Waals surface area contributed by atoms with Gasteiger partial charge in [-0.1, -0.05) is 25.1 Å². The van der Waals surface area contributed by atoms with E-state index in [0.717, 1.165) is 22.2 Å². The average Bonchev–Trinajstić information content (AvgIpc) is 2.94. The van der Waals surface area contributed by atoms with Crippen molar-refractivity contribution < 1.29 is 14.3 Å². The topological polar surface area (TPSA) is 74.8 Å². The van der Waals surface area contributed by atoms with Crippen molar-refractivity contribution in [3.05, 3.63) is 65.4 Å². The van der Waals surface area contributed by atoms with Crippen LogP contribution in [-0.4, -0.2) is 16.7 Å². The van der Waals surface area contributed by atoms with E-state index in [9.17, 15) is 9.90 Å². The fourth-order valence-corrected chi connectivity index (χ4v) is 2.56. The first kappa shape index (κ1) is 15.8. The fourth-order valence-electron chi connectivity index (χ4n) is 2.56. The summed E-state index contributed by atoms with van der Waals surface area (Å²) in [5.41, 5.74) is 5.59. The lowest BCUT2D eigenvalue weighted by Crippen LogP contribution is -2.20. The largest absolute Gasteiger partial charge is 0.508 e. The zero-order chi connectivity index (χ0) is 17.1. The number of carbonyl (C=O) groups excluding carboxylic acids is 1. The first-order chi connectivity index (χ1) is 11.6. The van der Waals surface area contributed by atoms with Crippen molar-refractivity contribution in [3.8, 4) is 5.75 Å². The Kier molecular flexibility index (Phi) is 4.33. The van der Waals surface area contributed by atoms with Gasteiger partial charge in [-0.3, -0.25) is 4.79 Å². The number of aryl methyl sites for hydroxylation is 1. The number of hydrogen-bond acceptors (Lipinski definition) is 4. The quantitative estimate of drug-likeness (QED) is 0.563. The molecule has 0 aliphatic rings. The zero-order valence-corrected chi connectivity index (χ0v) is 13.5. The molecule has 24 heavy (non-hydrogen) atoms. The summed E-state index contributed by atoms with van der Waals surface area (Å²) in [6.07, 6.45) is 0.643. The minimum atomic E-state index is -0.381. The number of nitrogens with one attached hydrogen (secondary N) is 1. The van der Waals surface area contributed by atoms with E-state index in [4.69, 9.17) is 4.42 Å². The Balaban J connectivity index is 1.84. The average molecular weight is 322 g/mol. The van der Waals surface area contributed by atoms with Crippen LogP contribution in [0.15, 0.2) is 58.0 Å². The molecule has 0 spiro atoms. The summed E-state index contributed by atoms with van der Waals surface area (Å²) in [6, 6.07) is 14.2. The van der Waals surface area contributed by atoms with Gasteiger partial charge in [-0.25, -0.2) is 5.43 Å². The van der Waals surface area contributed by atoms with E-state index in [1.165, 1.54) is 0 Å². The Labute approximate surface area is 139 Å². The van der Waals surface area contributed by atoms with E-state index in [-0.39, 0.29) is 17.4 Å². The van der Waals surface area contributed by atoms with Crippen LogP contribution in [0.1, 0.15) is 35.0 Å². The van der Waals surface area contributed by atoms with Gasteiger partial charge < -0.3 is 9.52 Å². The first-order valence-electron chi connectivity index (χ1n) is 7.74. The molecule has 3 aromatic rings. The predicted octanol–water partition coefficient (Wildman–Crippen LogP) is 3.99. The lowest BCUT2D eigenvalue weighted by Gasteiger charge is -2.05. The number of amides is 1. The molecule has 5 nitrogen and oxygen atoms in total. The molecule has 3 rings (SSSR count). The Morgan fingerprint density at radius 3 is 2.54 bits per heavy atom. The second-order valence-corrected chi connectivity index (χ2v) is 5.45.